The van der Waals surface area contributed by atoms with Crippen molar-refractivity contribution < 1.29 is 14.6 Å². The van der Waals surface area contributed by atoms with E-state index >= 15 is 0 Å². The normalized spacial score (nSPS) is 21.8. The highest BCUT2D eigenvalue weighted by Gasteiger charge is 2.14. The van der Waals surface area contributed by atoms with Gasteiger partial charge in [0.25, 0.3) is 0 Å². The summed E-state index contributed by atoms with van der Waals surface area (Å²) in [5.74, 6) is 0. The highest BCUT2D eigenvalue weighted by atomic mass is 32.1. The highest BCUT2D eigenvalue weighted by Crippen LogP contribution is 2.20. The van der Waals surface area contributed by atoms with E-state index in [4.69, 9.17) is 14.6 Å². The molecule has 0 radical (unpaired) electrons. The Labute approximate surface area is 93.6 Å². The second-order valence-corrected chi connectivity index (χ2v) is 4.63. The van der Waals surface area contributed by atoms with Crippen LogP contribution in [0.5, 0.6) is 0 Å². The SMILES string of the molecule is OCc1sccc1COC1CCCCO1. The van der Waals surface area contributed by atoms with Gasteiger partial charge in [0.1, 0.15) is 0 Å². The zero-order chi connectivity index (χ0) is 10.5. The predicted octanol–water partition coefficient (Wildman–Crippen LogP) is 2.28. The van der Waals surface area contributed by atoms with Crippen molar-refractivity contribution in [2.24, 2.45) is 0 Å². The molecule has 0 saturated carbocycles. The summed E-state index contributed by atoms with van der Waals surface area (Å²) in [5.41, 5.74) is 1.08. The van der Waals surface area contributed by atoms with Gasteiger partial charge in [-0.25, -0.2) is 0 Å². The van der Waals surface area contributed by atoms with Gasteiger partial charge in [-0.3, -0.25) is 0 Å². The van der Waals surface area contributed by atoms with Gasteiger partial charge in [0, 0.05) is 11.5 Å². The number of hydrogen-bond acceptors (Lipinski definition) is 4. The van der Waals surface area contributed by atoms with Crippen molar-refractivity contribution in [1.29, 1.82) is 0 Å². The third-order valence-corrected chi connectivity index (χ3v) is 3.49. The number of rotatable bonds is 4. The molecule has 0 spiro atoms. The molecular formula is C11H16O3S. The molecule has 2 rings (SSSR count). The summed E-state index contributed by atoms with van der Waals surface area (Å²) in [6.45, 7) is 1.45. The second kappa shape index (κ2) is 5.61. The van der Waals surface area contributed by atoms with Gasteiger partial charge in [-0.15, -0.1) is 11.3 Å². The van der Waals surface area contributed by atoms with Gasteiger partial charge in [0.2, 0.25) is 0 Å². The third kappa shape index (κ3) is 3.01. The van der Waals surface area contributed by atoms with Crippen molar-refractivity contribution in [3.8, 4) is 0 Å². The topological polar surface area (TPSA) is 38.7 Å². The van der Waals surface area contributed by atoms with Crippen LogP contribution in [0.2, 0.25) is 0 Å². The van der Waals surface area contributed by atoms with E-state index in [0.717, 1.165) is 29.9 Å². The van der Waals surface area contributed by atoms with E-state index in [0.29, 0.717) is 6.61 Å². The van der Waals surface area contributed by atoms with Crippen LogP contribution in [0.15, 0.2) is 11.4 Å². The number of thiophene rings is 1. The van der Waals surface area contributed by atoms with Crippen molar-refractivity contribution in [2.75, 3.05) is 6.61 Å². The maximum Gasteiger partial charge on any atom is 0.158 e. The lowest BCUT2D eigenvalue weighted by Gasteiger charge is -2.22. The summed E-state index contributed by atoms with van der Waals surface area (Å²) in [5, 5.41) is 11.0. The fraction of sp³-hybridized carbons (Fsp3) is 0.636. The van der Waals surface area contributed by atoms with Crippen LogP contribution in [0.1, 0.15) is 29.7 Å². The first kappa shape index (κ1) is 11.1. The fourth-order valence-electron chi connectivity index (χ4n) is 1.66. The average Bonchev–Trinajstić information content (AvgIpc) is 2.75. The summed E-state index contributed by atoms with van der Waals surface area (Å²) in [6, 6.07) is 2.00. The van der Waals surface area contributed by atoms with E-state index < -0.39 is 0 Å². The van der Waals surface area contributed by atoms with Crippen molar-refractivity contribution in [3.63, 3.8) is 0 Å². The molecule has 1 unspecified atom stereocenters. The second-order valence-electron chi connectivity index (χ2n) is 3.63. The van der Waals surface area contributed by atoms with Crippen molar-refractivity contribution in [2.45, 2.75) is 38.8 Å². The van der Waals surface area contributed by atoms with E-state index in [1.165, 1.54) is 6.42 Å². The summed E-state index contributed by atoms with van der Waals surface area (Å²) in [6.07, 6.45) is 3.25. The van der Waals surface area contributed by atoms with E-state index in [1.807, 2.05) is 11.4 Å². The molecule has 1 aliphatic rings. The first-order valence-corrected chi connectivity index (χ1v) is 6.17. The Morgan fingerprint density at radius 2 is 2.47 bits per heavy atom. The Kier molecular flexibility index (Phi) is 4.14. The lowest BCUT2D eigenvalue weighted by Crippen LogP contribution is -2.22. The molecule has 3 nitrogen and oxygen atoms in total. The van der Waals surface area contributed by atoms with E-state index in [9.17, 15) is 0 Å². The van der Waals surface area contributed by atoms with Crippen LogP contribution in [-0.2, 0) is 22.7 Å². The minimum absolute atomic E-state index is 0.0507. The molecule has 84 valence electrons. The largest absolute Gasteiger partial charge is 0.391 e. The molecule has 0 aromatic carbocycles. The number of ether oxygens (including phenoxy) is 2. The van der Waals surface area contributed by atoms with E-state index in [1.54, 1.807) is 11.3 Å². The molecule has 15 heavy (non-hydrogen) atoms. The van der Waals surface area contributed by atoms with Gasteiger partial charge < -0.3 is 14.6 Å². The maximum absolute atomic E-state index is 9.07. The molecule has 1 aromatic rings. The molecular weight excluding hydrogens is 212 g/mol. The van der Waals surface area contributed by atoms with Gasteiger partial charge in [-0.05, 0) is 36.3 Å². The molecule has 1 saturated heterocycles. The van der Waals surface area contributed by atoms with Crippen LogP contribution in [-0.4, -0.2) is 18.0 Å². The zero-order valence-electron chi connectivity index (χ0n) is 8.65. The van der Waals surface area contributed by atoms with Crippen LogP contribution >= 0.6 is 11.3 Å². The lowest BCUT2D eigenvalue weighted by molar-refractivity contribution is -0.169. The summed E-state index contributed by atoms with van der Waals surface area (Å²) in [7, 11) is 0. The summed E-state index contributed by atoms with van der Waals surface area (Å²) < 4.78 is 11.1. The first-order valence-electron chi connectivity index (χ1n) is 5.29. The van der Waals surface area contributed by atoms with E-state index in [-0.39, 0.29) is 12.9 Å². The smallest absolute Gasteiger partial charge is 0.158 e. The average molecular weight is 228 g/mol. The quantitative estimate of drug-likeness (QED) is 0.859. The van der Waals surface area contributed by atoms with Crippen LogP contribution in [0, 0.1) is 0 Å². The molecule has 2 heterocycles. The van der Waals surface area contributed by atoms with Gasteiger partial charge in [0.15, 0.2) is 6.29 Å². The van der Waals surface area contributed by atoms with Crippen LogP contribution in [0.3, 0.4) is 0 Å². The Balaban J connectivity index is 1.81. The van der Waals surface area contributed by atoms with Crippen molar-refractivity contribution in [1.82, 2.24) is 0 Å². The highest BCUT2D eigenvalue weighted by molar-refractivity contribution is 7.10. The minimum atomic E-state index is -0.0507. The fourth-order valence-corrected chi connectivity index (χ4v) is 2.41. The molecule has 0 amide bonds. The Bertz CT molecular complexity index is 292. The van der Waals surface area contributed by atoms with Gasteiger partial charge in [0.05, 0.1) is 13.2 Å². The number of hydrogen-bond donors (Lipinski definition) is 1. The Hall–Kier alpha value is -0.420. The summed E-state index contributed by atoms with van der Waals surface area (Å²) >= 11 is 1.57. The third-order valence-electron chi connectivity index (χ3n) is 2.54. The lowest BCUT2D eigenvalue weighted by atomic mass is 10.2. The molecule has 1 fully saturated rings. The zero-order valence-corrected chi connectivity index (χ0v) is 9.46. The molecule has 1 aromatic heterocycles. The predicted molar refractivity (Wildman–Crippen MR) is 58.6 cm³/mol. The number of aliphatic hydroxyl groups excluding tert-OH is 1. The van der Waals surface area contributed by atoms with Crippen LogP contribution in [0.4, 0.5) is 0 Å². The Morgan fingerprint density at radius 1 is 1.53 bits per heavy atom. The van der Waals surface area contributed by atoms with Gasteiger partial charge in [-0.2, -0.15) is 0 Å². The molecule has 1 atom stereocenters. The van der Waals surface area contributed by atoms with E-state index in [2.05, 4.69) is 0 Å². The molecule has 1 N–H and O–H groups in total. The number of aliphatic hydroxyl groups is 1. The van der Waals surface area contributed by atoms with Crippen molar-refractivity contribution >= 4 is 11.3 Å². The molecule has 1 aliphatic heterocycles. The van der Waals surface area contributed by atoms with Gasteiger partial charge >= 0.3 is 0 Å². The van der Waals surface area contributed by atoms with Crippen molar-refractivity contribution in [3.05, 3.63) is 21.9 Å². The summed E-state index contributed by atoms with van der Waals surface area (Å²) in [4.78, 5) is 0.991. The Morgan fingerprint density at radius 3 is 3.20 bits per heavy atom. The minimum Gasteiger partial charge on any atom is -0.391 e. The monoisotopic (exact) mass is 228 g/mol. The first-order chi connectivity index (χ1) is 7.40. The molecule has 0 aliphatic carbocycles. The van der Waals surface area contributed by atoms with Crippen LogP contribution in [0.25, 0.3) is 0 Å². The maximum atomic E-state index is 9.07. The standard InChI is InChI=1S/C11H16O3S/c12-7-10-9(4-6-15-10)8-14-11-3-1-2-5-13-11/h4,6,11-12H,1-3,5,7-8H2. The molecule has 4 heteroatoms. The molecule has 0 bridgehead atoms. The van der Waals surface area contributed by atoms with Gasteiger partial charge in [-0.1, -0.05) is 0 Å². The van der Waals surface area contributed by atoms with Crippen LogP contribution < -0.4 is 0 Å².